The van der Waals surface area contributed by atoms with E-state index < -0.39 is 17.4 Å². The quantitative estimate of drug-likeness (QED) is 0.161. The monoisotopic (exact) mass is 384 g/mol. The summed E-state index contributed by atoms with van der Waals surface area (Å²) in [5.74, 6) is -0.976. The summed E-state index contributed by atoms with van der Waals surface area (Å²) >= 11 is 0. The van der Waals surface area contributed by atoms with E-state index in [1.54, 1.807) is 13.8 Å². The Kier molecular flexibility index (Phi) is 15.3. The largest absolute Gasteiger partial charge is 0.465 e. The second-order valence-corrected chi connectivity index (χ2v) is 8.30. The van der Waals surface area contributed by atoms with Gasteiger partial charge in [-0.2, -0.15) is 0 Å². The Morgan fingerprint density at radius 2 is 1.22 bits per heavy atom. The van der Waals surface area contributed by atoms with Crippen molar-refractivity contribution in [3.63, 3.8) is 0 Å². The molecule has 0 rings (SSSR count). The average molecular weight is 385 g/mol. The number of rotatable bonds is 17. The molecular weight excluding hydrogens is 340 g/mol. The summed E-state index contributed by atoms with van der Waals surface area (Å²) in [6.07, 6.45) is 15.4. The highest BCUT2D eigenvalue weighted by Crippen LogP contribution is 2.21. The number of carbonyl (C=O) groups is 2. The Morgan fingerprint density at radius 3 is 1.70 bits per heavy atom. The Morgan fingerprint density at radius 1 is 0.741 bits per heavy atom. The second-order valence-electron chi connectivity index (χ2n) is 8.30. The smallest absolute Gasteiger partial charge is 0.323 e. The molecule has 0 amide bonds. The highest BCUT2D eigenvalue weighted by atomic mass is 16.6. The Labute approximate surface area is 167 Å². The zero-order valence-corrected chi connectivity index (χ0v) is 18.6. The molecule has 0 aliphatic rings. The number of hydrogen-bond donors (Lipinski definition) is 0. The first kappa shape index (κ1) is 25.9. The summed E-state index contributed by atoms with van der Waals surface area (Å²) in [6.45, 7) is 9.69. The van der Waals surface area contributed by atoms with Gasteiger partial charge in [-0.3, -0.25) is 9.59 Å². The summed E-state index contributed by atoms with van der Waals surface area (Å²) in [7, 11) is 0. The van der Waals surface area contributed by atoms with Crippen molar-refractivity contribution >= 4 is 11.9 Å². The van der Waals surface area contributed by atoms with Crippen LogP contribution in [-0.2, 0) is 19.1 Å². The molecule has 0 aromatic carbocycles. The van der Waals surface area contributed by atoms with Gasteiger partial charge in [-0.1, -0.05) is 84.5 Å². The van der Waals surface area contributed by atoms with Crippen LogP contribution in [-0.4, -0.2) is 24.6 Å². The zero-order chi connectivity index (χ0) is 20.5. The second kappa shape index (κ2) is 15.9. The van der Waals surface area contributed by atoms with Gasteiger partial charge in [0.2, 0.25) is 0 Å². The molecule has 0 saturated carbocycles. The third-order valence-electron chi connectivity index (χ3n) is 5.01. The van der Waals surface area contributed by atoms with Gasteiger partial charge in [0.15, 0.2) is 5.41 Å². The SMILES string of the molecule is CCCCCCCCCCCCCOC(=O)C(C)(C)C(=O)OC(C)CCC. The predicted octanol–water partition coefficient (Wildman–Crippen LogP) is 6.60. The van der Waals surface area contributed by atoms with Crippen LogP contribution >= 0.6 is 0 Å². The molecule has 0 fully saturated rings. The first-order valence-corrected chi connectivity index (χ1v) is 11.2. The van der Waals surface area contributed by atoms with Crippen LogP contribution < -0.4 is 0 Å². The predicted molar refractivity (Wildman–Crippen MR) is 112 cm³/mol. The van der Waals surface area contributed by atoms with Crippen LogP contribution in [0.5, 0.6) is 0 Å². The number of carbonyl (C=O) groups excluding carboxylic acids is 2. The lowest BCUT2D eigenvalue weighted by Gasteiger charge is -2.23. The molecule has 1 atom stereocenters. The molecule has 1 unspecified atom stereocenters. The van der Waals surface area contributed by atoms with Crippen LogP contribution in [0, 0.1) is 5.41 Å². The van der Waals surface area contributed by atoms with E-state index in [-0.39, 0.29) is 6.10 Å². The Bertz CT molecular complexity index is 390. The van der Waals surface area contributed by atoms with Gasteiger partial charge in [-0.15, -0.1) is 0 Å². The third kappa shape index (κ3) is 12.9. The van der Waals surface area contributed by atoms with E-state index in [4.69, 9.17) is 9.47 Å². The molecule has 4 nitrogen and oxygen atoms in total. The molecule has 4 heteroatoms. The summed E-state index contributed by atoms with van der Waals surface area (Å²) in [4.78, 5) is 24.4. The molecule has 0 N–H and O–H groups in total. The van der Waals surface area contributed by atoms with Gasteiger partial charge in [0.05, 0.1) is 12.7 Å². The molecule has 160 valence electrons. The normalized spacial score (nSPS) is 12.6. The third-order valence-corrected chi connectivity index (χ3v) is 5.01. The summed E-state index contributed by atoms with van der Waals surface area (Å²) < 4.78 is 10.7. The van der Waals surface area contributed by atoms with E-state index in [2.05, 4.69) is 6.92 Å². The van der Waals surface area contributed by atoms with Crippen molar-refractivity contribution in [2.75, 3.05) is 6.61 Å². The van der Waals surface area contributed by atoms with Crippen molar-refractivity contribution in [2.24, 2.45) is 5.41 Å². The lowest BCUT2D eigenvalue weighted by molar-refractivity contribution is -0.172. The van der Waals surface area contributed by atoms with Crippen molar-refractivity contribution in [1.29, 1.82) is 0 Å². The van der Waals surface area contributed by atoms with Crippen molar-refractivity contribution in [3.8, 4) is 0 Å². The van der Waals surface area contributed by atoms with E-state index in [0.717, 1.165) is 25.7 Å². The highest BCUT2D eigenvalue weighted by molar-refractivity contribution is 5.99. The molecule has 0 saturated heterocycles. The van der Waals surface area contributed by atoms with Crippen LogP contribution in [0.15, 0.2) is 0 Å². The van der Waals surface area contributed by atoms with Gasteiger partial charge in [-0.25, -0.2) is 0 Å². The van der Waals surface area contributed by atoms with Gasteiger partial charge in [0.25, 0.3) is 0 Å². The summed E-state index contributed by atoms with van der Waals surface area (Å²) in [5.41, 5.74) is -1.24. The van der Waals surface area contributed by atoms with Gasteiger partial charge >= 0.3 is 11.9 Å². The molecule has 0 aliphatic heterocycles. The van der Waals surface area contributed by atoms with Crippen molar-refractivity contribution in [1.82, 2.24) is 0 Å². The molecular formula is C23H44O4. The molecule has 0 aromatic heterocycles. The first-order chi connectivity index (χ1) is 12.9. The maximum atomic E-state index is 12.2. The first-order valence-electron chi connectivity index (χ1n) is 11.2. The van der Waals surface area contributed by atoms with Gasteiger partial charge in [-0.05, 0) is 33.6 Å². The number of unbranched alkanes of at least 4 members (excludes halogenated alkanes) is 10. The molecule has 0 bridgehead atoms. The van der Waals surface area contributed by atoms with E-state index in [1.165, 1.54) is 57.8 Å². The summed E-state index contributed by atoms with van der Waals surface area (Å²) in [6, 6.07) is 0. The molecule has 0 aromatic rings. The molecule has 0 aliphatic carbocycles. The molecule has 0 spiro atoms. The van der Waals surface area contributed by atoms with Crippen LogP contribution in [0.2, 0.25) is 0 Å². The Balaban J connectivity index is 3.73. The highest BCUT2D eigenvalue weighted by Gasteiger charge is 2.40. The lowest BCUT2D eigenvalue weighted by Crippen LogP contribution is -2.38. The van der Waals surface area contributed by atoms with Gasteiger partial charge < -0.3 is 9.47 Å². The van der Waals surface area contributed by atoms with Gasteiger partial charge in [0, 0.05) is 0 Å². The fraction of sp³-hybridized carbons (Fsp3) is 0.913. The summed E-state index contributed by atoms with van der Waals surface area (Å²) in [5, 5.41) is 0. The fourth-order valence-electron chi connectivity index (χ4n) is 2.99. The van der Waals surface area contributed by atoms with Gasteiger partial charge in [0.1, 0.15) is 0 Å². The van der Waals surface area contributed by atoms with E-state index in [1.807, 2.05) is 13.8 Å². The average Bonchev–Trinajstić information content (AvgIpc) is 2.62. The molecule has 0 heterocycles. The maximum absolute atomic E-state index is 12.2. The molecule has 0 radical (unpaired) electrons. The minimum Gasteiger partial charge on any atom is -0.465 e. The molecule has 27 heavy (non-hydrogen) atoms. The fourth-order valence-corrected chi connectivity index (χ4v) is 2.99. The maximum Gasteiger partial charge on any atom is 0.323 e. The minimum absolute atomic E-state index is 0.166. The van der Waals surface area contributed by atoms with Crippen LogP contribution in [0.4, 0.5) is 0 Å². The van der Waals surface area contributed by atoms with Crippen molar-refractivity contribution in [2.45, 2.75) is 124 Å². The Hall–Kier alpha value is -1.06. The standard InChI is InChI=1S/C23H44O4/c1-6-8-9-10-11-12-13-14-15-16-17-19-26-21(24)23(4,5)22(25)27-20(3)18-7-2/h20H,6-19H2,1-5H3. The van der Waals surface area contributed by atoms with Crippen molar-refractivity contribution < 1.29 is 19.1 Å². The lowest BCUT2D eigenvalue weighted by atomic mass is 9.94. The zero-order valence-electron chi connectivity index (χ0n) is 18.6. The number of ether oxygens (including phenoxy) is 2. The van der Waals surface area contributed by atoms with Crippen LogP contribution in [0.3, 0.4) is 0 Å². The van der Waals surface area contributed by atoms with Crippen LogP contribution in [0.1, 0.15) is 118 Å². The van der Waals surface area contributed by atoms with Crippen molar-refractivity contribution in [3.05, 3.63) is 0 Å². The number of esters is 2. The topological polar surface area (TPSA) is 52.6 Å². The van der Waals surface area contributed by atoms with E-state index in [9.17, 15) is 9.59 Å². The van der Waals surface area contributed by atoms with Crippen LogP contribution in [0.25, 0.3) is 0 Å². The number of hydrogen-bond acceptors (Lipinski definition) is 4. The minimum atomic E-state index is -1.24. The van der Waals surface area contributed by atoms with E-state index in [0.29, 0.717) is 6.61 Å². The van der Waals surface area contributed by atoms with E-state index >= 15 is 0 Å².